The Morgan fingerprint density at radius 3 is 2.43 bits per heavy atom. The molecule has 1 aromatic rings. The first-order valence-corrected chi connectivity index (χ1v) is 8.95. The Balaban J connectivity index is 1.90. The van der Waals surface area contributed by atoms with Crippen molar-refractivity contribution in [1.82, 2.24) is 10.3 Å². The molecule has 2 rings (SSSR count). The summed E-state index contributed by atoms with van der Waals surface area (Å²) in [6.45, 7) is 5.72. The number of pyridine rings is 1. The van der Waals surface area contributed by atoms with Gasteiger partial charge >= 0.3 is 0 Å². The SMILES string of the molecule is CCCNC(Cc1ccncc1)C1CCC(CCC)CC1. The minimum absolute atomic E-state index is 0.648. The maximum absolute atomic E-state index is 4.14. The lowest BCUT2D eigenvalue weighted by Gasteiger charge is -2.34. The van der Waals surface area contributed by atoms with Crippen molar-refractivity contribution in [2.45, 2.75) is 71.3 Å². The molecule has 1 unspecified atom stereocenters. The van der Waals surface area contributed by atoms with Gasteiger partial charge in [0, 0.05) is 18.4 Å². The number of nitrogens with one attached hydrogen (secondary N) is 1. The standard InChI is InChI=1S/C19H32N2/c1-3-5-16-6-8-18(9-7-16)19(21-12-4-2)15-17-10-13-20-14-11-17/h10-11,13-14,16,18-19,21H,3-9,12,15H2,1-2H3. The molecule has 0 bridgehead atoms. The molecule has 118 valence electrons. The number of hydrogen-bond donors (Lipinski definition) is 1. The van der Waals surface area contributed by atoms with E-state index in [0.29, 0.717) is 6.04 Å². The van der Waals surface area contributed by atoms with Gasteiger partial charge in [0.25, 0.3) is 0 Å². The van der Waals surface area contributed by atoms with Gasteiger partial charge in [0.15, 0.2) is 0 Å². The van der Waals surface area contributed by atoms with E-state index in [1.807, 2.05) is 12.4 Å². The first kappa shape index (κ1) is 16.5. The molecule has 1 heterocycles. The molecule has 0 aromatic carbocycles. The van der Waals surface area contributed by atoms with E-state index in [9.17, 15) is 0 Å². The van der Waals surface area contributed by atoms with Crippen LogP contribution in [0.15, 0.2) is 24.5 Å². The molecule has 0 radical (unpaired) electrons. The highest BCUT2D eigenvalue weighted by Gasteiger charge is 2.27. The van der Waals surface area contributed by atoms with E-state index in [4.69, 9.17) is 0 Å². The zero-order chi connectivity index (χ0) is 14.9. The Hall–Kier alpha value is -0.890. The van der Waals surface area contributed by atoms with Gasteiger partial charge in [-0.15, -0.1) is 0 Å². The summed E-state index contributed by atoms with van der Waals surface area (Å²) in [5.41, 5.74) is 1.43. The second kappa shape index (κ2) is 9.19. The Kier molecular flexibility index (Phi) is 7.21. The molecule has 2 heteroatoms. The van der Waals surface area contributed by atoms with Crippen LogP contribution in [0, 0.1) is 11.8 Å². The van der Waals surface area contributed by atoms with Gasteiger partial charge in [-0.25, -0.2) is 0 Å². The topological polar surface area (TPSA) is 24.9 Å². The highest BCUT2D eigenvalue weighted by Crippen LogP contribution is 2.34. The normalized spacial score (nSPS) is 23.9. The van der Waals surface area contributed by atoms with Crippen molar-refractivity contribution in [3.05, 3.63) is 30.1 Å². The Bertz CT molecular complexity index is 368. The zero-order valence-electron chi connectivity index (χ0n) is 13.9. The summed E-state index contributed by atoms with van der Waals surface area (Å²) in [5.74, 6) is 1.86. The smallest absolute Gasteiger partial charge is 0.0270 e. The molecule has 21 heavy (non-hydrogen) atoms. The molecule has 0 aliphatic heterocycles. The average Bonchev–Trinajstić information content (AvgIpc) is 2.53. The van der Waals surface area contributed by atoms with Crippen LogP contribution in [0.1, 0.15) is 64.4 Å². The number of rotatable bonds is 8. The third kappa shape index (κ3) is 5.43. The summed E-state index contributed by atoms with van der Waals surface area (Å²) in [6, 6.07) is 4.99. The number of hydrogen-bond acceptors (Lipinski definition) is 2. The van der Waals surface area contributed by atoms with Crippen LogP contribution in [0.4, 0.5) is 0 Å². The molecule has 0 spiro atoms. The van der Waals surface area contributed by atoms with Crippen LogP contribution in [0.3, 0.4) is 0 Å². The minimum Gasteiger partial charge on any atom is -0.313 e. The van der Waals surface area contributed by atoms with Gasteiger partial charge in [0.1, 0.15) is 0 Å². The molecular formula is C19H32N2. The first-order chi connectivity index (χ1) is 10.3. The predicted octanol–water partition coefficient (Wildman–Crippen LogP) is 4.60. The predicted molar refractivity (Wildman–Crippen MR) is 90.4 cm³/mol. The molecule has 1 N–H and O–H groups in total. The van der Waals surface area contributed by atoms with Crippen LogP contribution >= 0.6 is 0 Å². The van der Waals surface area contributed by atoms with Crippen LogP contribution in [-0.4, -0.2) is 17.6 Å². The van der Waals surface area contributed by atoms with Crippen molar-refractivity contribution in [1.29, 1.82) is 0 Å². The molecule has 1 saturated carbocycles. The second-order valence-corrected chi connectivity index (χ2v) is 6.69. The van der Waals surface area contributed by atoms with Crippen molar-refractivity contribution in [3.8, 4) is 0 Å². The van der Waals surface area contributed by atoms with Gasteiger partial charge in [0.05, 0.1) is 0 Å². The van der Waals surface area contributed by atoms with Gasteiger partial charge in [-0.1, -0.05) is 39.5 Å². The quantitative estimate of drug-likeness (QED) is 0.756. The Morgan fingerprint density at radius 1 is 1.10 bits per heavy atom. The number of aromatic nitrogens is 1. The Morgan fingerprint density at radius 2 is 1.81 bits per heavy atom. The molecule has 1 fully saturated rings. The van der Waals surface area contributed by atoms with E-state index in [-0.39, 0.29) is 0 Å². The van der Waals surface area contributed by atoms with E-state index in [1.165, 1.54) is 50.5 Å². The van der Waals surface area contributed by atoms with Crippen molar-refractivity contribution in [3.63, 3.8) is 0 Å². The average molecular weight is 288 g/mol. The van der Waals surface area contributed by atoms with E-state index in [0.717, 1.165) is 24.8 Å². The molecule has 1 aromatic heterocycles. The maximum atomic E-state index is 4.14. The lowest BCUT2D eigenvalue weighted by molar-refractivity contribution is 0.212. The van der Waals surface area contributed by atoms with Gasteiger partial charge in [0.2, 0.25) is 0 Å². The van der Waals surface area contributed by atoms with Crippen LogP contribution < -0.4 is 5.32 Å². The Labute approximate surface area is 130 Å². The summed E-state index contributed by atoms with van der Waals surface area (Å²) >= 11 is 0. The van der Waals surface area contributed by atoms with E-state index < -0.39 is 0 Å². The van der Waals surface area contributed by atoms with Gasteiger partial charge in [-0.3, -0.25) is 4.98 Å². The molecule has 0 amide bonds. The minimum atomic E-state index is 0.648. The van der Waals surface area contributed by atoms with Gasteiger partial charge in [-0.05, 0) is 61.8 Å². The summed E-state index contributed by atoms with van der Waals surface area (Å²) in [7, 11) is 0. The third-order valence-corrected chi connectivity index (χ3v) is 5.02. The fourth-order valence-corrected chi connectivity index (χ4v) is 3.80. The fourth-order valence-electron chi connectivity index (χ4n) is 3.80. The van der Waals surface area contributed by atoms with Crippen LogP contribution in [-0.2, 0) is 6.42 Å². The van der Waals surface area contributed by atoms with Gasteiger partial charge in [-0.2, -0.15) is 0 Å². The van der Waals surface area contributed by atoms with Crippen molar-refractivity contribution in [2.75, 3.05) is 6.54 Å². The first-order valence-electron chi connectivity index (χ1n) is 8.95. The van der Waals surface area contributed by atoms with Crippen molar-refractivity contribution in [2.24, 2.45) is 11.8 Å². The zero-order valence-corrected chi connectivity index (χ0v) is 13.9. The van der Waals surface area contributed by atoms with E-state index in [1.54, 1.807) is 0 Å². The summed E-state index contributed by atoms with van der Waals surface area (Å²) in [6.07, 6.45) is 14.7. The van der Waals surface area contributed by atoms with Crippen LogP contribution in [0.25, 0.3) is 0 Å². The number of nitrogens with zero attached hydrogens (tertiary/aromatic N) is 1. The summed E-state index contributed by atoms with van der Waals surface area (Å²) in [5, 5.41) is 3.81. The second-order valence-electron chi connectivity index (χ2n) is 6.69. The molecular weight excluding hydrogens is 256 g/mol. The van der Waals surface area contributed by atoms with Crippen molar-refractivity contribution < 1.29 is 0 Å². The molecule has 2 nitrogen and oxygen atoms in total. The van der Waals surface area contributed by atoms with E-state index in [2.05, 4.69) is 36.3 Å². The van der Waals surface area contributed by atoms with Crippen LogP contribution in [0.5, 0.6) is 0 Å². The highest BCUT2D eigenvalue weighted by atomic mass is 14.9. The fraction of sp³-hybridized carbons (Fsp3) is 0.737. The third-order valence-electron chi connectivity index (χ3n) is 5.02. The van der Waals surface area contributed by atoms with E-state index >= 15 is 0 Å². The highest BCUT2D eigenvalue weighted by molar-refractivity contribution is 5.12. The van der Waals surface area contributed by atoms with Crippen molar-refractivity contribution >= 4 is 0 Å². The molecule has 0 saturated heterocycles. The summed E-state index contributed by atoms with van der Waals surface area (Å²) in [4.78, 5) is 4.14. The molecule has 1 aliphatic rings. The molecule has 1 atom stereocenters. The molecule has 1 aliphatic carbocycles. The maximum Gasteiger partial charge on any atom is 0.0270 e. The lowest BCUT2D eigenvalue weighted by Crippen LogP contribution is -2.40. The van der Waals surface area contributed by atoms with Crippen LogP contribution in [0.2, 0.25) is 0 Å². The monoisotopic (exact) mass is 288 g/mol. The summed E-state index contributed by atoms with van der Waals surface area (Å²) < 4.78 is 0. The largest absolute Gasteiger partial charge is 0.313 e. The lowest BCUT2D eigenvalue weighted by atomic mass is 9.76. The van der Waals surface area contributed by atoms with Gasteiger partial charge < -0.3 is 5.32 Å².